The molecule has 6 nitrogen and oxygen atoms in total. The topological polar surface area (TPSA) is 94.9 Å². The maximum Gasteiger partial charge on any atom is 0.309 e. The Hall–Kier alpha value is -3.84. The van der Waals surface area contributed by atoms with Crippen LogP contribution in [0, 0.1) is 11.7 Å². The van der Waals surface area contributed by atoms with E-state index >= 15 is 0 Å². The van der Waals surface area contributed by atoms with Crippen LogP contribution < -0.4 is 0 Å². The largest absolute Gasteiger partial charge is 0.481 e. The zero-order valence-electron chi connectivity index (χ0n) is 18.4. The van der Waals surface area contributed by atoms with Crippen LogP contribution in [0.4, 0.5) is 4.39 Å². The fraction of sp³-hybridized carbons (Fsp3) is 0.222. The van der Waals surface area contributed by atoms with E-state index in [9.17, 15) is 29.0 Å². The Morgan fingerprint density at radius 1 is 0.853 bits per heavy atom. The van der Waals surface area contributed by atoms with Gasteiger partial charge in [0.2, 0.25) is 0 Å². The maximum absolute atomic E-state index is 13.4. The van der Waals surface area contributed by atoms with Gasteiger partial charge in [-0.05, 0) is 60.2 Å². The monoisotopic (exact) mass is 461 g/mol. The molecule has 0 saturated carbocycles. The number of amides is 2. The lowest BCUT2D eigenvalue weighted by atomic mass is 9.93. The highest BCUT2D eigenvalue weighted by Crippen LogP contribution is 2.25. The summed E-state index contributed by atoms with van der Waals surface area (Å²) < 4.78 is 13.4. The first kappa shape index (κ1) is 23.3. The molecule has 1 aliphatic rings. The molecule has 2 amide bonds. The molecule has 174 valence electrons. The summed E-state index contributed by atoms with van der Waals surface area (Å²) in [6, 6.07) is 20.2. The summed E-state index contributed by atoms with van der Waals surface area (Å²) >= 11 is 0. The van der Waals surface area contributed by atoms with E-state index in [1.807, 2.05) is 30.3 Å². The molecule has 2 N–H and O–H groups in total. The molecular weight excluding hydrogens is 437 g/mol. The van der Waals surface area contributed by atoms with Gasteiger partial charge in [-0.3, -0.25) is 19.3 Å². The van der Waals surface area contributed by atoms with Crippen molar-refractivity contribution in [1.82, 2.24) is 4.90 Å². The number of carbonyl (C=O) groups excluding carboxylic acids is 2. The van der Waals surface area contributed by atoms with E-state index in [0.29, 0.717) is 17.5 Å². The molecule has 2 unspecified atom stereocenters. The van der Waals surface area contributed by atoms with E-state index in [1.54, 1.807) is 30.3 Å². The summed E-state index contributed by atoms with van der Waals surface area (Å²) in [5, 5.41) is 20.2. The Balaban J connectivity index is 1.35. The maximum atomic E-state index is 13.4. The van der Waals surface area contributed by atoms with Crippen LogP contribution in [-0.4, -0.2) is 45.5 Å². The van der Waals surface area contributed by atoms with Crippen molar-refractivity contribution < 1.29 is 29.0 Å². The van der Waals surface area contributed by atoms with E-state index in [1.165, 1.54) is 12.1 Å². The molecule has 2 atom stereocenters. The number of carbonyl (C=O) groups is 3. The number of aliphatic hydroxyl groups excluding tert-OH is 1. The first-order chi connectivity index (χ1) is 16.3. The van der Waals surface area contributed by atoms with Crippen LogP contribution in [0.2, 0.25) is 0 Å². The van der Waals surface area contributed by atoms with Crippen LogP contribution in [0.1, 0.15) is 39.1 Å². The van der Waals surface area contributed by atoms with Crippen molar-refractivity contribution >= 4 is 17.8 Å². The highest BCUT2D eigenvalue weighted by atomic mass is 19.1. The number of carboxylic acids is 1. The third-order valence-electron chi connectivity index (χ3n) is 6.16. The quantitative estimate of drug-likeness (QED) is 0.467. The molecule has 4 rings (SSSR count). The van der Waals surface area contributed by atoms with Gasteiger partial charge in [-0.1, -0.05) is 48.5 Å². The molecule has 3 aromatic rings. The lowest BCUT2D eigenvalue weighted by molar-refractivity contribution is -0.146. The molecule has 34 heavy (non-hydrogen) atoms. The van der Waals surface area contributed by atoms with Gasteiger partial charge in [0, 0.05) is 6.54 Å². The predicted octanol–water partition coefficient (Wildman–Crippen LogP) is 4.17. The van der Waals surface area contributed by atoms with Crippen molar-refractivity contribution in [2.24, 2.45) is 5.92 Å². The van der Waals surface area contributed by atoms with Crippen LogP contribution >= 0.6 is 0 Å². The van der Waals surface area contributed by atoms with Gasteiger partial charge in [0.1, 0.15) is 5.82 Å². The molecule has 1 heterocycles. The molecule has 0 spiro atoms. The smallest absolute Gasteiger partial charge is 0.309 e. The average Bonchev–Trinajstić information content (AvgIpc) is 3.08. The summed E-state index contributed by atoms with van der Waals surface area (Å²) in [5.74, 6) is -3.50. The van der Waals surface area contributed by atoms with Crippen molar-refractivity contribution in [2.45, 2.75) is 25.4 Å². The molecule has 3 aromatic carbocycles. The number of imide groups is 1. The van der Waals surface area contributed by atoms with Gasteiger partial charge in [0.05, 0.1) is 23.1 Å². The minimum Gasteiger partial charge on any atom is -0.481 e. The van der Waals surface area contributed by atoms with Gasteiger partial charge in [0.25, 0.3) is 11.8 Å². The number of hydrogen-bond acceptors (Lipinski definition) is 4. The van der Waals surface area contributed by atoms with Crippen LogP contribution in [0.5, 0.6) is 0 Å². The molecule has 1 aliphatic heterocycles. The Bertz CT molecular complexity index is 1190. The fourth-order valence-electron chi connectivity index (χ4n) is 4.24. The zero-order valence-corrected chi connectivity index (χ0v) is 18.4. The fourth-order valence-corrected chi connectivity index (χ4v) is 4.24. The number of aliphatic carboxylic acids is 1. The van der Waals surface area contributed by atoms with E-state index < -0.39 is 29.8 Å². The van der Waals surface area contributed by atoms with Gasteiger partial charge in [-0.25, -0.2) is 4.39 Å². The number of nitrogens with zero attached hydrogens (tertiary/aromatic N) is 1. The lowest BCUT2D eigenvalue weighted by Crippen LogP contribution is -2.36. The molecule has 7 heteroatoms. The van der Waals surface area contributed by atoms with Gasteiger partial charge in [0.15, 0.2) is 0 Å². The van der Waals surface area contributed by atoms with Gasteiger partial charge in [-0.15, -0.1) is 0 Å². The van der Waals surface area contributed by atoms with E-state index in [-0.39, 0.29) is 25.2 Å². The van der Waals surface area contributed by atoms with Gasteiger partial charge in [-0.2, -0.15) is 0 Å². The van der Waals surface area contributed by atoms with E-state index in [4.69, 9.17) is 0 Å². The second-order valence-electron chi connectivity index (χ2n) is 8.35. The SMILES string of the molecule is O=C(O)C(CCN1C(=O)c2ccccc2C1=O)C(O)CCc1ccc(-c2cccc(F)c2)cc1. The number of fused-ring (bicyclic) bond motifs is 1. The minimum absolute atomic E-state index is 0.0412. The predicted molar refractivity (Wildman–Crippen MR) is 124 cm³/mol. The highest BCUT2D eigenvalue weighted by Gasteiger charge is 2.36. The first-order valence-corrected chi connectivity index (χ1v) is 11.1. The number of benzene rings is 3. The molecule has 0 radical (unpaired) electrons. The second-order valence-corrected chi connectivity index (χ2v) is 8.35. The van der Waals surface area contributed by atoms with E-state index in [0.717, 1.165) is 21.6 Å². The van der Waals surface area contributed by atoms with Crippen molar-refractivity contribution in [3.8, 4) is 11.1 Å². The number of aliphatic hydroxyl groups is 1. The summed E-state index contributed by atoms with van der Waals surface area (Å²) in [4.78, 5) is 37.8. The van der Waals surface area contributed by atoms with Crippen molar-refractivity contribution in [3.05, 3.63) is 95.3 Å². The van der Waals surface area contributed by atoms with Crippen molar-refractivity contribution in [3.63, 3.8) is 0 Å². The normalized spacial score (nSPS) is 14.7. The first-order valence-electron chi connectivity index (χ1n) is 11.1. The number of halogens is 1. The molecule has 0 aliphatic carbocycles. The summed E-state index contributed by atoms with van der Waals surface area (Å²) in [6.45, 7) is -0.0806. The van der Waals surface area contributed by atoms with Crippen LogP contribution in [0.25, 0.3) is 11.1 Å². The minimum atomic E-state index is -1.18. The van der Waals surface area contributed by atoms with E-state index in [2.05, 4.69) is 0 Å². The molecule has 0 bridgehead atoms. The highest BCUT2D eigenvalue weighted by molar-refractivity contribution is 6.21. The average molecular weight is 461 g/mol. The van der Waals surface area contributed by atoms with Crippen LogP contribution in [-0.2, 0) is 11.2 Å². The van der Waals surface area contributed by atoms with Crippen LogP contribution in [0.15, 0.2) is 72.8 Å². The number of hydrogen-bond donors (Lipinski definition) is 2. The Morgan fingerprint density at radius 3 is 2.09 bits per heavy atom. The Morgan fingerprint density at radius 2 is 1.50 bits per heavy atom. The molecule has 0 aromatic heterocycles. The standard InChI is InChI=1S/C27H24FNO5/c28-20-5-3-4-19(16-20)18-11-8-17(9-12-18)10-13-24(30)23(27(33)34)14-15-29-25(31)21-6-1-2-7-22(21)26(29)32/h1-9,11-12,16,23-24,30H,10,13-15H2,(H,33,34). The summed E-state index contributed by atoms with van der Waals surface area (Å²) in [5.41, 5.74) is 3.13. The summed E-state index contributed by atoms with van der Waals surface area (Å²) in [7, 11) is 0. The molecule has 0 saturated heterocycles. The van der Waals surface area contributed by atoms with Crippen molar-refractivity contribution in [1.29, 1.82) is 0 Å². The molecular formula is C27H24FNO5. The Kier molecular flexibility index (Phi) is 6.84. The van der Waals surface area contributed by atoms with Gasteiger partial charge >= 0.3 is 5.97 Å². The third kappa shape index (κ3) is 4.89. The summed E-state index contributed by atoms with van der Waals surface area (Å²) in [6.07, 6.45) is -0.532. The lowest BCUT2D eigenvalue weighted by Gasteiger charge is -2.22. The number of aryl methyl sites for hydroxylation is 1. The Labute approximate surface area is 196 Å². The number of carboxylic acid groups (broad SMARTS) is 1. The number of rotatable bonds is 9. The van der Waals surface area contributed by atoms with Gasteiger partial charge < -0.3 is 10.2 Å². The van der Waals surface area contributed by atoms with Crippen molar-refractivity contribution in [2.75, 3.05) is 6.54 Å². The van der Waals surface area contributed by atoms with Crippen LogP contribution in [0.3, 0.4) is 0 Å². The molecule has 0 fully saturated rings. The zero-order chi connectivity index (χ0) is 24.2. The third-order valence-corrected chi connectivity index (χ3v) is 6.16. The second kappa shape index (κ2) is 9.97.